The van der Waals surface area contributed by atoms with E-state index in [1.807, 2.05) is 0 Å². The second-order valence-corrected chi connectivity index (χ2v) is 7.11. The van der Waals surface area contributed by atoms with Gasteiger partial charge in [-0.15, -0.1) is 4.73 Å². The Morgan fingerprint density at radius 3 is 2.56 bits per heavy atom. The zero-order valence-corrected chi connectivity index (χ0v) is 15.1. The van der Waals surface area contributed by atoms with Crippen molar-refractivity contribution in [1.29, 1.82) is 0 Å². The molecule has 8 nitrogen and oxygen atoms in total. The minimum atomic E-state index is -1.22. The molecule has 144 valence electrons. The van der Waals surface area contributed by atoms with Crippen LogP contribution in [0, 0.1) is 11.8 Å². The number of benzene rings is 1. The number of hydrogen-bond donors (Lipinski definition) is 3. The molecule has 2 aromatic rings. The zero-order valence-electron chi connectivity index (χ0n) is 15.1. The van der Waals surface area contributed by atoms with Gasteiger partial charge >= 0.3 is 5.97 Å². The van der Waals surface area contributed by atoms with Crippen LogP contribution in [0.25, 0.3) is 10.9 Å². The molecule has 1 amide bonds. The first-order valence-corrected chi connectivity index (χ1v) is 8.85. The molecule has 1 aliphatic carbocycles. The molecule has 8 heteroatoms. The summed E-state index contributed by atoms with van der Waals surface area (Å²) in [6, 6.07) is 5.34. The van der Waals surface area contributed by atoms with Crippen LogP contribution in [0.1, 0.15) is 37.0 Å². The van der Waals surface area contributed by atoms with Gasteiger partial charge in [0.1, 0.15) is 18.4 Å². The fourth-order valence-corrected chi connectivity index (χ4v) is 2.82. The van der Waals surface area contributed by atoms with Crippen LogP contribution in [0.4, 0.5) is 0 Å². The van der Waals surface area contributed by atoms with Crippen molar-refractivity contribution in [1.82, 2.24) is 10.0 Å². The molecule has 0 radical (unpaired) electrons. The first-order valence-electron chi connectivity index (χ1n) is 8.85. The molecule has 1 unspecified atom stereocenters. The largest absolute Gasteiger partial charge is 0.506 e. The number of aromatic hydroxyl groups is 1. The highest BCUT2D eigenvalue weighted by molar-refractivity contribution is 6.03. The Labute approximate surface area is 155 Å². The van der Waals surface area contributed by atoms with Crippen molar-refractivity contribution >= 4 is 22.8 Å². The average molecular weight is 374 g/mol. The number of nitrogens with one attached hydrogen (secondary N) is 1. The first-order chi connectivity index (χ1) is 12.8. The third kappa shape index (κ3) is 3.74. The predicted molar refractivity (Wildman–Crippen MR) is 97.8 cm³/mol. The third-order valence-electron chi connectivity index (χ3n) is 4.60. The maximum absolute atomic E-state index is 12.9. The van der Waals surface area contributed by atoms with Crippen LogP contribution in [0.15, 0.2) is 29.1 Å². The molecule has 1 heterocycles. The van der Waals surface area contributed by atoms with E-state index < -0.39 is 40.7 Å². The molecule has 0 aliphatic heterocycles. The Morgan fingerprint density at radius 1 is 1.30 bits per heavy atom. The Morgan fingerprint density at radius 2 is 1.96 bits per heavy atom. The second-order valence-electron chi connectivity index (χ2n) is 7.11. The minimum absolute atomic E-state index is 0.273. The van der Waals surface area contributed by atoms with Gasteiger partial charge in [-0.2, -0.15) is 0 Å². The van der Waals surface area contributed by atoms with Gasteiger partial charge in [-0.1, -0.05) is 26.0 Å². The third-order valence-corrected chi connectivity index (χ3v) is 4.60. The summed E-state index contributed by atoms with van der Waals surface area (Å²) in [5.74, 6) is -2.69. The Bertz CT molecular complexity index is 945. The van der Waals surface area contributed by atoms with Gasteiger partial charge in [0, 0.05) is 5.39 Å². The lowest BCUT2D eigenvalue weighted by atomic mass is 10.0. The van der Waals surface area contributed by atoms with Gasteiger partial charge in [-0.05, 0) is 36.8 Å². The molecule has 3 N–H and O–H groups in total. The summed E-state index contributed by atoms with van der Waals surface area (Å²) in [6.07, 6.45) is 2.04. The van der Waals surface area contributed by atoms with Crippen molar-refractivity contribution in [2.24, 2.45) is 11.8 Å². The Kier molecular flexibility index (Phi) is 5.07. The number of pyridine rings is 1. The van der Waals surface area contributed by atoms with Gasteiger partial charge < -0.3 is 20.4 Å². The maximum Gasteiger partial charge on any atom is 0.326 e. The number of carbonyl (C=O) groups is 2. The molecular formula is C19H22N2O6. The van der Waals surface area contributed by atoms with E-state index in [4.69, 9.17) is 4.84 Å². The number of carboxylic acids is 1. The van der Waals surface area contributed by atoms with Crippen molar-refractivity contribution in [3.05, 3.63) is 40.2 Å². The summed E-state index contributed by atoms with van der Waals surface area (Å²) >= 11 is 0. The fraction of sp³-hybridized carbons (Fsp3) is 0.421. The van der Waals surface area contributed by atoms with Gasteiger partial charge in [0.25, 0.3) is 11.5 Å². The smallest absolute Gasteiger partial charge is 0.326 e. The van der Waals surface area contributed by atoms with Gasteiger partial charge in [-0.25, -0.2) is 4.79 Å². The first kappa shape index (κ1) is 18.8. The van der Waals surface area contributed by atoms with Crippen LogP contribution >= 0.6 is 0 Å². The number of fused-ring (bicyclic) bond motifs is 1. The predicted octanol–water partition coefficient (Wildman–Crippen LogP) is 1.38. The number of aromatic nitrogens is 1. The van der Waals surface area contributed by atoms with Crippen LogP contribution < -0.4 is 15.7 Å². The van der Waals surface area contributed by atoms with E-state index in [2.05, 4.69) is 5.32 Å². The van der Waals surface area contributed by atoms with Crippen molar-refractivity contribution in [2.75, 3.05) is 6.61 Å². The number of hydrogen-bond acceptors (Lipinski definition) is 5. The van der Waals surface area contributed by atoms with Crippen molar-refractivity contribution in [3.63, 3.8) is 0 Å². The van der Waals surface area contributed by atoms with E-state index in [0.717, 1.165) is 17.6 Å². The van der Waals surface area contributed by atoms with E-state index in [1.54, 1.807) is 38.1 Å². The highest BCUT2D eigenvalue weighted by Gasteiger charge is 2.29. The molecule has 1 fully saturated rings. The van der Waals surface area contributed by atoms with Crippen molar-refractivity contribution in [3.8, 4) is 5.75 Å². The number of rotatable bonds is 7. The SMILES string of the molecule is CC(C)C(NC(=O)c1c(O)c2ccccc2n(OCC2CC2)c1=O)C(=O)O. The molecule has 0 bridgehead atoms. The highest BCUT2D eigenvalue weighted by atomic mass is 16.7. The van der Waals surface area contributed by atoms with Crippen LogP contribution in [0.5, 0.6) is 5.75 Å². The summed E-state index contributed by atoms with van der Waals surface area (Å²) in [5.41, 5.74) is -1.01. The fourth-order valence-electron chi connectivity index (χ4n) is 2.82. The van der Waals surface area contributed by atoms with E-state index in [-0.39, 0.29) is 5.39 Å². The van der Waals surface area contributed by atoms with E-state index in [0.29, 0.717) is 18.0 Å². The number of para-hydroxylation sites is 1. The lowest BCUT2D eigenvalue weighted by Gasteiger charge is -2.19. The molecule has 27 heavy (non-hydrogen) atoms. The second kappa shape index (κ2) is 7.30. The average Bonchev–Trinajstić information content (AvgIpc) is 3.43. The van der Waals surface area contributed by atoms with Crippen LogP contribution in [-0.2, 0) is 4.79 Å². The van der Waals surface area contributed by atoms with Crippen molar-refractivity contribution in [2.45, 2.75) is 32.7 Å². The number of nitrogens with zero attached hydrogens (tertiary/aromatic N) is 1. The summed E-state index contributed by atoms with van der Waals surface area (Å²) < 4.78 is 1.01. The maximum atomic E-state index is 12.9. The summed E-state index contributed by atoms with van der Waals surface area (Å²) in [5, 5.41) is 22.4. The minimum Gasteiger partial charge on any atom is -0.506 e. The lowest BCUT2D eigenvalue weighted by molar-refractivity contribution is -0.140. The van der Waals surface area contributed by atoms with Crippen LogP contribution in [-0.4, -0.2) is 39.5 Å². The van der Waals surface area contributed by atoms with E-state index >= 15 is 0 Å². The van der Waals surface area contributed by atoms with Gasteiger partial charge in [-0.3, -0.25) is 9.59 Å². The Hall–Kier alpha value is -3.03. The monoisotopic (exact) mass is 374 g/mol. The molecular weight excluding hydrogens is 352 g/mol. The topological polar surface area (TPSA) is 118 Å². The van der Waals surface area contributed by atoms with Crippen LogP contribution in [0.2, 0.25) is 0 Å². The molecule has 1 saturated carbocycles. The lowest BCUT2D eigenvalue weighted by Crippen LogP contribution is -2.46. The van der Waals surface area contributed by atoms with E-state index in [1.165, 1.54) is 0 Å². The number of aliphatic carboxylic acids is 1. The number of amides is 1. The quantitative estimate of drug-likeness (QED) is 0.674. The van der Waals surface area contributed by atoms with Gasteiger partial charge in [0.2, 0.25) is 0 Å². The molecule has 0 saturated heterocycles. The number of carbonyl (C=O) groups excluding carboxylic acids is 1. The standard InChI is InChI=1S/C19H22N2O6/c1-10(2)15(19(25)26)20-17(23)14-16(22)12-5-3-4-6-13(12)21(18(14)24)27-9-11-7-8-11/h3-6,10-11,15,22H,7-9H2,1-2H3,(H,20,23)(H,25,26). The summed E-state index contributed by atoms with van der Waals surface area (Å²) in [6.45, 7) is 3.60. The Balaban J connectivity index is 2.07. The van der Waals surface area contributed by atoms with E-state index in [9.17, 15) is 24.6 Å². The number of carboxylic acid groups (broad SMARTS) is 1. The molecule has 0 spiro atoms. The van der Waals surface area contributed by atoms with Gasteiger partial charge in [0.05, 0.1) is 5.52 Å². The summed E-state index contributed by atoms with van der Waals surface area (Å²) in [7, 11) is 0. The normalized spacial score (nSPS) is 14.9. The zero-order chi connectivity index (χ0) is 19.7. The molecule has 1 aromatic heterocycles. The van der Waals surface area contributed by atoms with Gasteiger partial charge in [0.15, 0.2) is 5.56 Å². The molecule has 1 aliphatic rings. The highest BCUT2D eigenvalue weighted by Crippen LogP contribution is 2.29. The van der Waals surface area contributed by atoms with Crippen LogP contribution in [0.3, 0.4) is 0 Å². The molecule has 1 aromatic carbocycles. The molecule has 1 atom stereocenters. The van der Waals surface area contributed by atoms with Crippen molar-refractivity contribution < 1.29 is 24.6 Å². The molecule has 3 rings (SSSR count). The summed E-state index contributed by atoms with van der Waals surface area (Å²) in [4.78, 5) is 42.5.